The molecule has 1 fully saturated rings. The summed E-state index contributed by atoms with van der Waals surface area (Å²) >= 11 is 0. The van der Waals surface area contributed by atoms with Crippen molar-refractivity contribution in [1.82, 2.24) is 24.3 Å². The van der Waals surface area contributed by atoms with Gasteiger partial charge in [-0.15, -0.1) is 0 Å². The minimum Gasteiger partial charge on any atom is -0.462 e. The van der Waals surface area contributed by atoms with Gasteiger partial charge in [0.2, 0.25) is 5.91 Å². The molecule has 3 heterocycles. The van der Waals surface area contributed by atoms with Crippen LogP contribution < -0.4 is 10.9 Å². The monoisotopic (exact) mass is 549 g/mol. The minimum atomic E-state index is -0.407. The van der Waals surface area contributed by atoms with Crippen molar-refractivity contribution >= 4 is 22.9 Å². The Hall–Kier alpha value is -3.46. The highest BCUT2D eigenvalue weighted by molar-refractivity contribution is 5.81. The zero-order valence-corrected chi connectivity index (χ0v) is 24.9. The number of aromatic nitrogens is 3. The van der Waals surface area contributed by atoms with Gasteiger partial charge in [0.25, 0.3) is 5.56 Å². The van der Waals surface area contributed by atoms with Gasteiger partial charge in [-0.05, 0) is 69.2 Å². The Morgan fingerprint density at radius 3 is 2.58 bits per heavy atom. The quantitative estimate of drug-likeness (QED) is 0.405. The van der Waals surface area contributed by atoms with Gasteiger partial charge < -0.3 is 24.1 Å². The Bertz CT molecular complexity index is 1410. The van der Waals surface area contributed by atoms with E-state index in [1.165, 1.54) is 0 Å². The number of hydrogen-bond donors (Lipinski definition) is 1. The first-order valence-electron chi connectivity index (χ1n) is 14.3. The molecule has 0 radical (unpaired) electrons. The zero-order valence-electron chi connectivity index (χ0n) is 24.9. The topological polar surface area (TPSA) is 98.5 Å². The van der Waals surface area contributed by atoms with Crippen LogP contribution in [0.1, 0.15) is 58.6 Å². The number of benzene rings is 1. The van der Waals surface area contributed by atoms with Crippen LogP contribution in [0.2, 0.25) is 0 Å². The lowest BCUT2D eigenvalue weighted by Gasteiger charge is -2.32. The summed E-state index contributed by atoms with van der Waals surface area (Å²) in [5.41, 5.74) is 4.39. The van der Waals surface area contributed by atoms with Gasteiger partial charge >= 0.3 is 5.97 Å². The van der Waals surface area contributed by atoms with E-state index in [1.54, 1.807) is 18.5 Å². The fourth-order valence-corrected chi connectivity index (χ4v) is 5.57. The molecule has 1 unspecified atom stereocenters. The number of piperidine rings is 1. The molecule has 40 heavy (non-hydrogen) atoms. The Labute approximate surface area is 236 Å². The van der Waals surface area contributed by atoms with E-state index in [-0.39, 0.29) is 29.5 Å². The van der Waals surface area contributed by atoms with Crippen molar-refractivity contribution in [2.75, 3.05) is 13.1 Å². The van der Waals surface area contributed by atoms with E-state index < -0.39 is 6.04 Å². The summed E-state index contributed by atoms with van der Waals surface area (Å²) in [6, 6.07) is 7.71. The molecule has 1 aliphatic heterocycles. The van der Waals surface area contributed by atoms with Gasteiger partial charge in [-0.25, -0.2) is 4.98 Å². The number of carbonyl (C=O) groups excluding carboxylic acids is 2. The SMILES string of the molecule is CC(=O)N1CCC[C@@H](Cn2c(-c3cc(C)c(=O)n(C)c3)nc3cc(CNC(C(=O)OC(C)C)C(C)C)ccc32)C1. The van der Waals surface area contributed by atoms with Crippen LogP contribution in [-0.2, 0) is 34.5 Å². The van der Waals surface area contributed by atoms with Crippen molar-refractivity contribution in [2.45, 2.75) is 79.6 Å². The molecule has 1 amide bonds. The lowest BCUT2D eigenvalue weighted by atomic mass is 9.97. The van der Waals surface area contributed by atoms with Crippen LogP contribution in [-0.4, -0.2) is 56.1 Å². The molecule has 216 valence electrons. The summed E-state index contributed by atoms with van der Waals surface area (Å²) in [6.07, 6.45) is 3.70. The molecule has 0 aliphatic carbocycles. The van der Waals surface area contributed by atoms with E-state index in [1.807, 2.05) is 51.8 Å². The van der Waals surface area contributed by atoms with E-state index in [4.69, 9.17) is 9.72 Å². The molecule has 9 heteroatoms. The third-order valence-electron chi connectivity index (χ3n) is 7.64. The second-order valence-corrected chi connectivity index (χ2v) is 11.8. The third-order valence-corrected chi connectivity index (χ3v) is 7.64. The normalized spacial score (nSPS) is 16.6. The number of likely N-dealkylation sites (tertiary alicyclic amines) is 1. The average Bonchev–Trinajstić information content (AvgIpc) is 3.24. The summed E-state index contributed by atoms with van der Waals surface area (Å²) < 4.78 is 9.29. The van der Waals surface area contributed by atoms with Gasteiger partial charge in [-0.3, -0.25) is 14.4 Å². The Morgan fingerprint density at radius 2 is 1.93 bits per heavy atom. The number of imidazole rings is 1. The number of fused-ring (bicyclic) bond motifs is 1. The Morgan fingerprint density at radius 1 is 1.18 bits per heavy atom. The molecule has 1 saturated heterocycles. The van der Waals surface area contributed by atoms with Crippen LogP contribution in [0.25, 0.3) is 22.4 Å². The summed E-state index contributed by atoms with van der Waals surface area (Å²) in [6.45, 7) is 13.9. The van der Waals surface area contributed by atoms with Crippen LogP contribution in [0.15, 0.2) is 35.3 Å². The standard InChI is InChI=1S/C31H43N5O4/c1-19(2)28(31(39)40-20(3)4)32-15-23-10-11-27-26(14-23)33-29(25-13-21(5)30(38)34(7)18-25)36(27)17-24-9-8-12-35(16-24)22(6)37/h10-11,13-14,18-20,24,28,32H,8-9,12,15-17H2,1-7H3/t24-,28?/m1/s1. The highest BCUT2D eigenvalue weighted by Gasteiger charge is 2.26. The lowest BCUT2D eigenvalue weighted by Crippen LogP contribution is -2.42. The van der Waals surface area contributed by atoms with Gasteiger partial charge in [0.05, 0.1) is 17.1 Å². The van der Waals surface area contributed by atoms with Crippen molar-refractivity contribution < 1.29 is 14.3 Å². The predicted octanol–water partition coefficient (Wildman–Crippen LogP) is 4.03. The van der Waals surface area contributed by atoms with Crippen LogP contribution in [0, 0.1) is 18.8 Å². The molecule has 9 nitrogen and oxygen atoms in total. The maximum absolute atomic E-state index is 12.6. The van der Waals surface area contributed by atoms with Gasteiger partial charge in [0, 0.05) is 57.5 Å². The number of esters is 1. The third kappa shape index (κ3) is 6.63. The first-order valence-corrected chi connectivity index (χ1v) is 14.3. The number of carbonyl (C=O) groups is 2. The molecule has 1 N–H and O–H groups in total. The summed E-state index contributed by atoms with van der Waals surface area (Å²) in [5, 5.41) is 3.38. The van der Waals surface area contributed by atoms with E-state index in [2.05, 4.69) is 28.1 Å². The van der Waals surface area contributed by atoms with Gasteiger partial charge in [-0.2, -0.15) is 0 Å². The predicted molar refractivity (Wildman–Crippen MR) is 157 cm³/mol. The zero-order chi connectivity index (χ0) is 29.1. The first-order chi connectivity index (χ1) is 18.9. The number of nitrogens with zero attached hydrogens (tertiary/aromatic N) is 4. The maximum atomic E-state index is 12.6. The summed E-state index contributed by atoms with van der Waals surface area (Å²) in [4.78, 5) is 44.1. The molecule has 3 aromatic rings. The second kappa shape index (κ2) is 12.4. The molecule has 1 aromatic carbocycles. The molecule has 4 rings (SSSR count). The van der Waals surface area contributed by atoms with Crippen LogP contribution in [0.3, 0.4) is 0 Å². The van der Waals surface area contributed by atoms with Gasteiger partial charge in [-0.1, -0.05) is 19.9 Å². The van der Waals surface area contributed by atoms with Crippen molar-refractivity contribution in [3.8, 4) is 11.4 Å². The fraction of sp³-hybridized carbons (Fsp3) is 0.548. The second-order valence-electron chi connectivity index (χ2n) is 11.8. The van der Waals surface area contributed by atoms with Crippen molar-refractivity contribution in [1.29, 1.82) is 0 Å². The van der Waals surface area contributed by atoms with Gasteiger partial charge in [0.15, 0.2) is 0 Å². The molecular weight excluding hydrogens is 506 g/mol. The van der Waals surface area contributed by atoms with Crippen molar-refractivity contribution in [3.05, 3.63) is 51.9 Å². The van der Waals surface area contributed by atoms with E-state index in [0.29, 0.717) is 18.0 Å². The average molecular weight is 550 g/mol. The first kappa shape index (κ1) is 29.5. The molecule has 1 aliphatic rings. The maximum Gasteiger partial charge on any atom is 0.323 e. The molecular formula is C31H43N5O4. The van der Waals surface area contributed by atoms with E-state index in [0.717, 1.165) is 60.5 Å². The molecule has 0 spiro atoms. The highest BCUT2D eigenvalue weighted by atomic mass is 16.5. The van der Waals surface area contributed by atoms with Gasteiger partial charge in [0.1, 0.15) is 11.9 Å². The number of aryl methyl sites for hydroxylation is 2. The lowest BCUT2D eigenvalue weighted by molar-refractivity contribution is -0.151. The minimum absolute atomic E-state index is 0.0279. The Balaban J connectivity index is 1.68. The number of nitrogens with one attached hydrogen (secondary N) is 1. The highest BCUT2D eigenvalue weighted by Crippen LogP contribution is 2.29. The number of amides is 1. The number of rotatable bonds is 9. The number of ether oxygens (including phenoxy) is 1. The smallest absolute Gasteiger partial charge is 0.323 e. The van der Waals surface area contributed by atoms with Crippen molar-refractivity contribution in [2.24, 2.45) is 18.9 Å². The van der Waals surface area contributed by atoms with Crippen LogP contribution >= 0.6 is 0 Å². The largest absolute Gasteiger partial charge is 0.462 e. The summed E-state index contributed by atoms with van der Waals surface area (Å²) in [5.74, 6) is 1.07. The number of pyridine rings is 1. The molecule has 2 aromatic heterocycles. The van der Waals surface area contributed by atoms with Crippen LogP contribution in [0.4, 0.5) is 0 Å². The molecule has 0 saturated carbocycles. The Kier molecular flexibility index (Phi) is 9.13. The van der Waals surface area contributed by atoms with E-state index >= 15 is 0 Å². The summed E-state index contributed by atoms with van der Waals surface area (Å²) in [7, 11) is 1.76. The van der Waals surface area contributed by atoms with Crippen molar-refractivity contribution in [3.63, 3.8) is 0 Å². The number of hydrogen-bond acceptors (Lipinski definition) is 6. The van der Waals surface area contributed by atoms with Crippen LogP contribution in [0.5, 0.6) is 0 Å². The fourth-order valence-electron chi connectivity index (χ4n) is 5.57. The molecule has 2 atom stereocenters. The molecule has 0 bridgehead atoms. The van der Waals surface area contributed by atoms with E-state index in [9.17, 15) is 14.4 Å².